The molecule has 7 rings (SSSR count). The molecule has 1 heterocycles. The molecule has 7 aromatic rings. The molecule has 0 bridgehead atoms. The number of nitrogens with one attached hydrogen (secondary N) is 1. The normalized spacial score (nSPS) is 12.3. The van der Waals surface area contributed by atoms with Gasteiger partial charge in [0.25, 0.3) is 0 Å². The molecule has 0 fully saturated rings. The molecule has 3 nitrogen and oxygen atoms in total. The minimum Gasteiger partial charge on any atom is -0.456 e. The first kappa shape index (κ1) is 27.1. The van der Waals surface area contributed by atoms with Gasteiger partial charge < -0.3 is 4.42 Å². The molecular weight excluding hydrogens is 536 g/mol. The smallest absolute Gasteiger partial charge is 0.139 e. The lowest BCUT2D eigenvalue weighted by Gasteiger charge is -2.18. The molecule has 6 aromatic carbocycles. The topological polar surface area (TPSA) is 49.4 Å². The van der Waals surface area contributed by atoms with Crippen molar-refractivity contribution in [2.45, 2.75) is 5.92 Å². The molecule has 1 atom stereocenters. The number of aliphatic imine (C=N–C) groups is 1. The van der Waals surface area contributed by atoms with Crippen LogP contribution < -0.4 is 0 Å². The van der Waals surface area contributed by atoms with Crippen LogP contribution in [0.25, 0.3) is 38.8 Å². The maximum atomic E-state index is 8.73. The van der Waals surface area contributed by atoms with Crippen molar-refractivity contribution in [2.24, 2.45) is 4.99 Å². The summed E-state index contributed by atoms with van der Waals surface area (Å²) < 4.78 is 6.59. The average Bonchev–Trinajstić information content (AvgIpc) is 3.48. The Morgan fingerprint density at radius 2 is 1.20 bits per heavy atom. The molecule has 0 spiro atoms. The van der Waals surface area contributed by atoms with E-state index in [1.165, 1.54) is 0 Å². The lowest BCUT2D eigenvalue weighted by atomic mass is 9.86. The van der Waals surface area contributed by atoms with E-state index < -0.39 is 0 Å². The zero-order chi connectivity index (χ0) is 29.9. The van der Waals surface area contributed by atoms with Gasteiger partial charge in [-0.25, -0.2) is 0 Å². The van der Waals surface area contributed by atoms with E-state index in [1.54, 1.807) is 0 Å². The monoisotopic (exact) mass is 566 g/mol. The molecule has 1 aromatic heterocycles. The van der Waals surface area contributed by atoms with Crippen LogP contribution in [0.15, 0.2) is 167 Å². The lowest BCUT2D eigenvalue weighted by molar-refractivity contribution is 0.662. The molecule has 44 heavy (non-hydrogen) atoms. The Labute approximate surface area is 257 Å². The predicted octanol–water partition coefficient (Wildman–Crippen LogP) is 10.5. The van der Waals surface area contributed by atoms with E-state index in [0.29, 0.717) is 5.71 Å². The van der Waals surface area contributed by atoms with Gasteiger partial charge in [-0.05, 0) is 58.8 Å². The van der Waals surface area contributed by atoms with Crippen LogP contribution in [-0.4, -0.2) is 12.4 Å². The fourth-order valence-electron chi connectivity index (χ4n) is 5.88. The van der Waals surface area contributed by atoms with Crippen molar-refractivity contribution in [1.82, 2.24) is 0 Å². The van der Waals surface area contributed by atoms with Gasteiger partial charge >= 0.3 is 0 Å². The average molecular weight is 567 g/mol. The summed E-state index contributed by atoms with van der Waals surface area (Å²) in [4.78, 5) is 4.46. The molecule has 3 heteroatoms. The van der Waals surface area contributed by atoms with Crippen molar-refractivity contribution in [3.63, 3.8) is 0 Å². The maximum absolute atomic E-state index is 8.73. The molecular formula is C41H30N2O. The van der Waals surface area contributed by atoms with Gasteiger partial charge in [0.1, 0.15) is 11.2 Å². The van der Waals surface area contributed by atoms with Gasteiger partial charge in [-0.1, -0.05) is 133 Å². The van der Waals surface area contributed by atoms with Crippen molar-refractivity contribution in [3.8, 4) is 11.1 Å². The minimum atomic E-state index is -0.148. The highest BCUT2D eigenvalue weighted by atomic mass is 16.3. The Morgan fingerprint density at radius 1 is 0.614 bits per heavy atom. The minimum absolute atomic E-state index is 0.148. The lowest BCUT2D eigenvalue weighted by Crippen LogP contribution is -2.01. The van der Waals surface area contributed by atoms with E-state index in [0.717, 1.165) is 66.6 Å². The summed E-state index contributed by atoms with van der Waals surface area (Å²) in [7, 11) is 0. The van der Waals surface area contributed by atoms with Gasteiger partial charge in [0.2, 0.25) is 0 Å². The van der Waals surface area contributed by atoms with Crippen LogP contribution in [0.3, 0.4) is 0 Å². The third-order valence-electron chi connectivity index (χ3n) is 8.13. The first-order chi connectivity index (χ1) is 21.7. The highest BCUT2D eigenvalue weighted by Gasteiger charge is 2.22. The van der Waals surface area contributed by atoms with E-state index in [4.69, 9.17) is 9.83 Å². The van der Waals surface area contributed by atoms with Crippen molar-refractivity contribution in [1.29, 1.82) is 5.41 Å². The Bertz CT molecular complexity index is 2120. The number of hydrogen-bond acceptors (Lipinski definition) is 3. The zero-order valence-corrected chi connectivity index (χ0v) is 24.2. The molecule has 0 amide bonds. The molecule has 0 radical (unpaired) electrons. The van der Waals surface area contributed by atoms with Crippen LogP contribution in [0.4, 0.5) is 0 Å². The van der Waals surface area contributed by atoms with E-state index in [2.05, 4.69) is 90.6 Å². The molecule has 0 saturated heterocycles. The molecule has 0 aliphatic carbocycles. The van der Waals surface area contributed by atoms with Crippen LogP contribution in [0.2, 0.25) is 0 Å². The van der Waals surface area contributed by atoms with Crippen molar-refractivity contribution in [2.75, 3.05) is 0 Å². The third-order valence-corrected chi connectivity index (χ3v) is 8.13. The Balaban J connectivity index is 1.42. The highest BCUT2D eigenvalue weighted by molar-refractivity contribution is 6.11. The van der Waals surface area contributed by atoms with Crippen LogP contribution in [0, 0.1) is 5.41 Å². The van der Waals surface area contributed by atoms with Crippen LogP contribution >= 0.6 is 0 Å². The molecule has 1 N–H and O–H groups in total. The Morgan fingerprint density at radius 3 is 1.89 bits per heavy atom. The number of hydrogen-bond donors (Lipinski definition) is 1. The first-order valence-electron chi connectivity index (χ1n) is 14.7. The third kappa shape index (κ3) is 5.16. The zero-order valence-electron chi connectivity index (χ0n) is 24.2. The summed E-state index contributed by atoms with van der Waals surface area (Å²) in [6, 6.07) is 51.4. The molecule has 1 unspecified atom stereocenters. The number of furan rings is 1. The largest absolute Gasteiger partial charge is 0.456 e. The number of allylic oxidation sites excluding steroid dienone is 1. The van der Waals surface area contributed by atoms with E-state index in [-0.39, 0.29) is 5.92 Å². The number of para-hydroxylation sites is 1. The van der Waals surface area contributed by atoms with Gasteiger partial charge in [-0.3, -0.25) is 10.4 Å². The summed E-state index contributed by atoms with van der Waals surface area (Å²) in [6.45, 7) is 3.93. The number of fused-ring (bicyclic) bond motifs is 3. The molecule has 210 valence electrons. The van der Waals surface area contributed by atoms with Gasteiger partial charge in [0, 0.05) is 27.8 Å². The maximum Gasteiger partial charge on any atom is 0.139 e. The first-order valence-corrected chi connectivity index (χ1v) is 14.7. The van der Waals surface area contributed by atoms with E-state index >= 15 is 0 Å². The van der Waals surface area contributed by atoms with Crippen molar-refractivity contribution < 1.29 is 4.42 Å². The van der Waals surface area contributed by atoms with Crippen LogP contribution in [0.5, 0.6) is 0 Å². The Hall–Kier alpha value is -5.80. The summed E-state index contributed by atoms with van der Waals surface area (Å²) in [5, 5.41) is 10.9. The fourth-order valence-corrected chi connectivity index (χ4v) is 5.88. The number of rotatable bonds is 8. The van der Waals surface area contributed by atoms with E-state index in [9.17, 15) is 0 Å². The second kappa shape index (κ2) is 11.8. The summed E-state index contributed by atoms with van der Waals surface area (Å²) in [5.74, 6) is -0.148. The Kier molecular flexibility index (Phi) is 7.27. The SMILES string of the molecule is C=N/C(=C\C(c1ccccc1)c1cc(-c2ccc(C(=N)c3ccccc3)cc2)cc2c1oc1ccccc12)c1ccccc1. The molecule has 0 aliphatic rings. The van der Waals surface area contributed by atoms with Crippen LogP contribution in [-0.2, 0) is 0 Å². The second-order valence-electron chi connectivity index (χ2n) is 10.8. The van der Waals surface area contributed by atoms with E-state index in [1.807, 2.05) is 78.9 Å². The molecule has 0 saturated carbocycles. The van der Waals surface area contributed by atoms with Gasteiger partial charge in [-0.15, -0.1) is 0 Å². The summed E-state index contributed by atoms with van der Waals surface area (Å²) in [5.41, 5.74) is 10.2. The highest BCUT2D eigenvalue weighted by Crippen LogP contribution is 2.41. The summed E-state index contributed by atoms with van der Waals surface area (Å²) >= 11 is 0. The molecule has 0 aliphatic heterocycles. The van der Waals surface area contributed by atoms with Crippen LogP contribution in [0.1, 0.15) is 33.7 Å². The quantitative estimate of drug-likeness (QED) is 0.183. The van der Waals surface area contributed by atoms with Gasteiger partial charge in [0.05, 0.1) is 11.4 Å². The predicted molar refractivity (Wildman–Crippen MR) is 184 cm³/mol. The standard InChI is InChI=1S/C41H30N2O/c1-43-38(30-15-7-3-8-16-30)27-35(29-13-5-2-6-14-29)37-26-33(25-36-34-19-11-12-20-39(34)44-41(36)37)28-21-23-32(24-22-28)40(42)31-17-9-4-10-18-31/h2-27,35,42H,1H2/b38-27-,42-40?. The van der Waals surface area contributed by atoms with Crippen molar-refractivity contribution >= 4 is 40.1 Å². The van der Waals surface area contributed by atoms with Gasteiger partial charge in [0.15, 0.2) is 0 Å². The van der Waals surface area contributed by atoms with Gasteiger partial charge in [-0.2, -0.15) is 0 Å². The number of benzene rings is 6. The van der Waals surface area contributed by atoms with Crippen molar-refractivity contribution in [3.05, 3.63) is 186 Å². The second-order valence-corrected chi connectivity index (χ2v) is 10.8. The fraction of sp³-hybridized carbons (Fsp3) is 0.0244. The summed E-state index contributed by atoms with van der Waals surface area (Å²) in [6.07, 6.45) is 2.19. The number of nitrogens with zero attached hydrogens (tertiary/aromatic N) is 1.